The van der Waals surface area contributed by atoms with Crippen LogP contribution in [-0.2, 0) is 6.54 Å². The third-order valence-corrected chi connectivity index (χ3v) is 2.45. The van der Waals surface area contributed by atoms with Crippen molar-refractivity contribution in [2.45, 2.75) is 32.8 Å². The van der Waals surface area contributed by atoms with Crippen molar-refractivity contribution in [1.29, 1.82) is 0 Å². The van der Waals surface area contributed by atoms with Gasteiger partial charge in [-0.15, -0.1) is 13.2 Å². The van der Waals surface area contributed by atoms with Crippen molar-refractivity contribution in [2.24, 2.45) is 0 Å². The Morgan fingerprint density at radius 2 is 1.94 bits per heavy atom. The van der Waals surface area contributed by atoms with E-state index in [4.69, 9.17) is 0 Å². The van der Waals surface area contributed by atoms with E-state index in [2.05, 4.69) is 4.74 Å². The van der Waals surface area contributed by atoms with Gasteiger partial charge in [-0.25, -0.2) is 0 Å². The molecule has 0 spiro atoms. The van der Waals surface area contributed by atoms with Crippen molar-refractivity contribution in [2.75, 3.05) is 7.05 Å². The first-order valence-corrected chi connectivity index (χ1v) is 5.33. The van der Waals surface area contributed by atoms with Crippen LogP contribution < -0.4 is 4.74 Å². The summed E-state index contributed by atoms with van der Waals surface area (Å²) in [6.45, 7) is 4.64. The maximum Gasteiger partial charge on any atom is 0.573 e. The molecule has 1 aromatic carbocycles. The number of nitrogens with zero attached hydrogens (tertiary/aromatic N) is 1. The second-order valence-corrected chi connectivity index (χ2v) is 4.20. The SMILES string of the molecule is CC(C)N(C)Cc1cccc(OC(F)(F)F)c1. The summed E-state index contributed by atoms with van der Waals surface area (Å²) in [7, 11) is 1.92. The summed E-state index contributed by atoms with van der Waals surface area (Å²) in [5.41, 5.74) is 0.794. The molecule has 5 heteroatoms. The number of ether oxygens (including phenoxy) is 1. The predicted molar refractivity (Wildman–Crippen MR) is 59.7 cm³/mol. The second kappa shape index (κ2) is 5.40. The van der Waals surface area contributed by atoms with Crippen LogP contribution in [0.2, 0.25) is 0 Å². The summed E-state index contributed by atoms with van der Waals surface area (Å²) in [6.07, 6.45) is -4.64. The van der Waals surface area contributed by atoms with E-state index in [1.54, 1.807) is 12.1 Å². The van der Waals surface area contributed by atoms with Gasteiger partial charge in [0, 0.05) is 12.6 Å². The van der Waals surface area contributed by atoms with Gasteiger partial charge < -0.3 is 4.74 Å². The number of benzene rings is 1. The number of alkyl halides is 3. The van der Waals surface area contributed by atoms with Crippen molar-refractivity contribution in [3.63, 3.8) is 0 Å². The average Bonchev–Trinajstić information content (AvgIpc) is 2.15. The lowest BCUT2D eigenvalue weighted by molar-refractivity contribution is -0.274. The highest BCUT2D eigenvalue weighted by Crippen LogP contribution is 2.23. The van der Waals surface area contributed by atoms with Crippen molar-refractivity contribution < 1.29 is 17.9 Å². The van der Waals surface area contributed by atoms with Crippen molar-refractivity contribution >= 4 is 0 Å². The average molecular weight is 247 g/mol. The molecule has 1 rings (SSSR count). The number of hydrogen-bond acceptors (Lipinski definition) is 2. The van der Waals surface area contributed by atoms with Crippen LogP contribution in [0.4, 0.5) is 13.2 Å². The summed E-state index contributed by atoms with van der Waals surface area (Å²) in [6, 6.07) is 6.38. The Balaban J connectivity index is 2.72. The van der Waals surface area contributed by atoms with Gasteiger partial charge in [-0.05, 0) is 38.6 Å². The fourth-order valence-electron chi connectivity index (χ4n) is 1.31. The van der Waals surface area contributed by atoms with Gasteiger partial charge in [0.2, 0.25) is 0 Å². The van der Waals surface area contributed by atoms with Crippen molar-refractivity contribution in [3.8, 4) is 5.75 Å². The smallest absolute Gasteiger partial charge is 0.406 e. The van der Waals surface area contributed by atoms with Crippen LogP contribution in [0, 0.1) is 0 Å². The fourth-order valence-corrected chi connectivity index (χ4v) is 1.31. The molecular formula is C12H16F3NO. The molecule has 0 heterocycles. The molecule has 0 aromatic heterocycles. The Kier molecular flexibility index (Phi) is 4.40. The summed E-state index contributed by atoms with van der Waals surface area (Å²) >= 11 is 0. The Hall–Kier alpha value is -1.23. The molecule has 17 heavy (non-hydrogen) atoms. The van der Waals surface area contributed by atoms with Crippen LogP contribution in [0.5, 0.6) is 5.75 Å². The van der Waals surface area contributed by atoms with Gasteiger partial charge in [0.1, 0.15) is 5.75 Å². The van der Waals surface area contributed by atoms with E-state index in [-0.39, 0.29) is 5.75 Å². The van der Waals surface area contributed by atoms with Gasteiger partial charge >= 0.3 is 6.36 Å². The summed E-state index contributed by atoms with van der Waals surface area (Å²) in [5.74, 6) is -0.174. The summed E-state index contributed by atoms with van der Waals surface area (Å²) in [4.78, 5) is 2.03. The van der Waals surface area contributed by atoms with Gasteiger partial charge in [0.25, 0.3) is 0 Å². The van der Waals surface area contributed by atoms with Crippen LogP contribution >= 0.6 is 0 Å². The molecule has 0 aliphatic rings. The Morgan fingerprint density at radius 1 is 1.29 bits per heavy atom. The summed E-state index contributed by atoms with van der Waals surface area (Å²) in [5, 5.41) is 0. The first kappa shape index (κ1) is 13.8. The minimum atomic E-state index is -4.64. The molecule has 96 valence electrons. The van der Waals surface area contributed by atoms with E-state index in [1.807, 2.05) is 25.8 Å². The molecule has 0 aliphatic carbocycles. The van der Waals surface area contributed by atoms with Gasteiger partial charge in [-0.2, -0.15) is 0 Å². The zero-order chi connectivity index (χ0) is 13.1. The first-order chi connectivity index (χ1) is 7.78. The van der Waals surface area contributed by atoms with Gasteiger partial charge in [-0.1, -0.05) is 12.1 Å². The lowest BCUT2D eigenvalue weighted by atomic mass is 10.2. The van der Waals surface area contributed by atoms with Crippen LogP contribution in [0.1, 0.15) is 19.4 Å². The highest BCUT2D eigenvalue weighted by Gasteiger charge is 2.31. The largest absolute Gasteiger partial charge is 0.573 e. The van der Waals surface area contributed by atoms with Gasteiger partial charge in [0.05, 0.1) is 0 Å². The number of halogens is 3. The lowest BCUT2D eigenvalue weighted by Crippen LogP contribution is -2.25. The van der Waals surface area contributed by atoms with Crippen LogP contribution in [0.25, 0.3) is 0 Å². The highest BCUT2D eigenvalue weighted by atomic mass is 19.4. The molecule has 0 amide bonds. The molecule has 0 N–H and O–H groups in total. The highest BCUT2D eigenvalue weighted by molar-refractivity contribution is 5.28. The van der Waals surface area contributed by atoms with Crippen molar-refractivity contribution in [3.05, 3.63) is 29.8 Å². The molecule has 0 fully saturated rings. The summed E-state index contributed by atoms with van der Waals surface area (Å²) < 4.78 is 40.0. The second-order valence-electron chi connectivity index (χ2n) is 4.20. The van der Waals surface area contributed by atoms with E-state index in [0.717, 1.165) is 5.56 Å². The van der Waals surface area contributed by atoms with Gasteiger partial charge in [0.15, 0.2) is 0 Å². The standard InChI is InChI=1S/C12H16F3NO/c1-9(2)16(3)8-10-5-4-6-11(7-10)17-12(13,14)15/h4-7,9H,8H2,1-3H3. The first-order valence-electron chi connectivity index (χ1n) is 5.33. The Bertz CT molecular complexity index is 363. The Morgan fingerprint density at radius 3 is 2.47 bits per heavy atom. The minimum Gasteiger partial charge on any atom is -0.406 e. The minimum absolute atomic E-state index is 0.174. The molecule has 2 nitrogen and oxygen atoms in total. The van der Waals surface area contributed by atoms with E-state index in [0.29, 0.717) is 12.6 Å². The third kappa shape index (κ3) is 5.08. The monoisotopic (exact) mass is 247 g/mol. The van der Waals surface area contributed by atoms with Crippen molar-refractivity contribution in [1.82, 2.24) is 4.90 Å². The molecule has 0 saturated carbocycles. The predicted octanol–water partition coefficient (Wildman–Crippen LogP) is 3.43. The van der Waals surface area contributed by atoms with E-state index >= 15 is 0 Å². The Labute approximate surface area is 99.0 Å². The van der Waals surface area contributed by atoms with Crippen LogP contribution in [0.3, 0.4) is 0 Å². The number of hydrogen-bond donors (Lipinski definition) is 0. The normalized spacial score (nSPS) is 12.2. The molecule has 0 atom stereocenters. The van der Waals surface area contributed by atoms with Crippen LogP contribution in [-0.4, -0.2) is 24.4 Å². The molecule has 0 bridgehead atoms. The van der Waals surface area contributed by atoms with Gasteiger partial charge in [-0.3, -0.25) is 4.90 Å². The molecule has 0 unspecified atom stereocenters. The molecule has 0 aliphatic heterocycles. The lowest BCUT2D eigenvalue weighted by Gasteiger charge is -2.21. The molecule has 1 aromatic rings. The van der Waals surface area contributed by atoms with E-state index in [9.17, 15) is 13.2 Å². The zero-order valence-electron chi connectivity index (χ0n) is 10.1. The van der Waals surface area contributed by atoms with Crippen LogP contribution in [0.15, 0.2) is 24.3 Å². The zero-order valence-corrected chi connectivity index (χ0v) is 10.1. The maximum absolute atomic E-state index is 12.0. The third-order valence-electron chi connectivity index (χ3n) is 2.45. The number of rotatable bonds is 4. The quantitative estimate of drug-likeness (QED) is 0.808. The molecular weight excluding hydrogens is 231 g/mol. The van der Waals surface area contributed by atoms with E-state index in [1.165, 1.54) is 12.1 Å². The topological polar surface area (TPSA) is 12.5 Å². The van der Waals surface area contributed by atoms with E-state index < -0.39 is 6.36 Å². The molecule has 0 saturated heterocycles. The fraction of sp³-hybridized carbons (Fsp3) is 0.500. The molecule has 0 radical (unpaired) electrons. The maximum atomic E-state index is 12.0.